The Morgan fingerprint density at radius 1 is 1.05 bits per heavy atom. The van der Waals surface area contributed by atoms with Gasteiger partial charge in [0.05, 0.1) is 14.2 Å². The number of rotatable bonds is 7. The molecule has 0 bridgehead atoms. The lowest BCUT2D eigenvalue weighted by Crippen LogP contribution is -2.17. The van der Waals surface area contributed by atoms with E-state index in [2.05, 4.69) is 33.4 Å². The summed E-state index contributed by atoms with van der Waals surface area (Å²) in [6.07, 6.45) is 0.960. The highest BCUT2D eigenvalue weighted by Crippen LogP contribution is 2.33. The first-order chi connectivity index (χ1) is 10.6. The van der Waals surface area contributed by atoms with Crippen LogP contribution >= 0.6 is 27.5 Å². The summed E-state index contributed by atoms with van der Waals surface area (Å²) in [7, 11) is 3.28. The minimum absolute atomic E-state index is 0.722. The summed E-state index contributed by atoms with van der Waals surface area (Å²) < 4.78 is 11.6. The lowest BCUT2D eigenvalue weighted by atomic mass is 10.1. The van der Waals surface area contributed by atoms with Gasteiger partial charge in [0.1, 0.15) is 0 Å². The van der Waals surface area contributed by atoms with Gasteiger partial charge in [-0.25, -0.2) is 0 Å². The van der Waals surface area contributed by atoms with Crippen molar-refractivity contribution in [3.8, 4) is 11.5 Å². The molecule has 0 spiro atoms. The molecule has 5 heteroatoms. The fourth-order valence-corrected chi connectivity index (χ4v) is 2.73. The van der Waals surface area contributed by atoms with Gasteiger partial charge < -0.3 is 14.8 Å². The van der Waals surface area contributed by atoms with E-state index in [4.69, 9.17) is 21.1 Å². The second-order valence-corrected chi connectivity index (χ2v) is 6.14. The molecule has 2 rings (SSSR count). The largest absolute Gasteiger partial charge is 0.493 e. The van der Waals surface area contributed by atoms with E-state index in [1.807, 2.05) is 24.3 Å². The lowest BCUT2D eigenvalue weighted by molar-refractivity contribution is 0.354. The third-order valence-electron chi connectivity index (χ3n) is 3.37. The Morgan fingerprint density at radius 3 is 2.32 bits per heavy atom. The molecule has 0 radical (unpaired) electrons. The van der Waals surface area contributed by atoms with E-state index < -0.39 is 0 Å². The molecule has 1 N–H and O–H groups in total. The molecule has 0 aliphatic carbocycles. The van der Waals surface area contributed by atoms with E-state index in [1.54, 1.807) is 14.2 Å². The van der Waals surface area contributed by atoms with E-state index in [-0.39, 0.29) is 0 Å². The Kier molecular flexibility index (Phi) is 6.55. The highest BCUT2D eigenvalue weighted by molar-refractivity contribution is 9.10. The van der Waals surface area contributed by atoms with E-state index >= 15 is 0 Å². The standard InChI is InChI=1S/C17H19BrClNO2/c1-21-16-9-13(15(18)10-17(16)22-2)11-20-8-7-12-3-5-14(19)6-4-12/h3-6,9-10,20H,7-8,11H2,1-2H3. The lowest BCUT2D eigenvalue weighted by Gasteiger charge is -2.12. The molecule has 0 atom stereocenters. The summed E-state index contributed by atoms with van der Waals surface area (Å²) in [5.74, 6) is 1.46. The number of methoxy groups -OCH3 is 2. The van der Waals surface area contributed by atoms with Crippen molar-refractivity contribution in [2.45, 2.75) is 13.0 Å². The second-order valence-electron chi connectivity index (χ2n) is 4.85. The fourth-order valence-electron chi connectivity index (χ4n) is 2.14. The van der Waals surface area contributed by atoms with Crippen LogP contribution in [0.1, 0.15) is 11.1 Å². The summed E-state index contributed by atoms with van der Waals surface area (Å²) in [6, 6.07) is 11.9. The van der Waals surface area contributed by atoms with Gasteiger partial charge in [0.25, 0.3) is 0 Å². The molecule has 2 aromatic rings. The Bertz CT molecular complexity index is 617. The van der Waals surface area contributed by atoms with Crippen LogP contribution in [0.5, 0.6) is 11.5 Å². The van der Waals surface area contributed by atoms with Crippen LogP contribution in [0.25, 0.3) is 0 Å². The number of hydrogen-bond donors (Lipinski definition) is 1. The highest BCUT2D eigenvalue weighted by atomic mass is 79.9. The molecule has 22 heavy (non-hydrogen) atoms. The van der Waals surface area contributed by atoms with Crippen molar-refractivity contribution in [3.05, 3.63) is 57.0 Å². The summed E-state index contributed by atoms with van der Waals surface area (Å²) in [5, 5.41) is 4.20. The molecule has 118 valence electrons. The summed E-state index contributed by atoms with van der Waals surface area (Å²) in [6.45, 7) is 1.65. The maximum atomic E-state index is 5.88. The number of hydrogen-bond acceptors (Lipinski definition) is 3. The topological polar surface area (TPSA) is 30.5 Å². The minimum atomic E-state index is 0.722. The predicted molar refractivity (Wildman–Crippen MR) is 94.1 cm³/mol. The zero-order valence-electron chi connectivity index (χ0n) is 12.7. The maximum Gasteiger partial charge on any atom is 0.161 e. The van der Waals surface area contributed by atoms with Crippen LogP contribution in [0.15, 0.2) is 40.9 Å². The van der Waals surface area contributed by atoms with Gasteiger partial charge in [0, 0.05) is 16.0 Å². The van der Waals surface area contributed by atoms with Gasteiger partial charge in [-0.05, 0) is 48.4 Å². The average molecular weight is 385 g/mol. The first-order valence-electron chi connectivity index (χ1n) is 6.99. The highest BCUT2D eigenvalue weighted by Gasteiger charge is 2.09. The quantitative estimate of drug-likeness (QED) is 0.715. The van der Waals surface area contributed by atoms with Crippen molar-refractivity contribution in [1.29, 1.82) is 0 Å². The van der Waals surface area contributed by atoms with Crippen molar-refractivity contribution in [2.24, 2.45) is 0 Å². The van der Waals surface area contributed by atoms with E-state index in [1.165, 1.54) is 5.56 Å². The van der Waals surface area contributed by atoms with Crippen molar-refractivity contribution in [2.75, 3.05) is 20.8 Å². The summed E-state index contributed by atoms with van der Waals surface area (Å²) >= 11 is 9.45. The molecule has 0 saturated heterocycles. The first kappa shape index (κ1) is 17.1. The van der Waals surface area contributed by atoms with Crippen molar-refractivity contribution < 1.29 is 9.47 Å². The Morgan fingerprint density at radius 2 is 1.68 bits per heavy atom. The third kappa shape index (κ3) is 4.63. The van der Waals surface area contributed by atoms with Gasteiger partial charge in [-0.15, -0.1) is 0 Å². The molecular formula is C17H19BrClNO2. The zero-order chi connectivity index (χ0) is 15.9. The van der Waals surface area contributed by atoms with Crippen molar-refractivity contribution >= 4 is 27.5 Å². The molecule has 0 fully saturated rings. The maximum absolute atomic E-state index is 5.88. The van der Waals surface area contributed by atoms with Crippen LogP contribution in [0, 0.1) is 0 Å². The minimum Gasteiger partial charge on any atom is -0.493 e. The molecule has 0 saturated carbocycles. The van der Waals surface area contributed by atoms with E-state index in [0.29, 0.717) is 0 Å². The van der Waals surface area contributed by atoms with Gasteiger partial charge in [0.15, 0.2) is 11.5 Å². The normalized spacial score (nSPS) is 10.5. The van der Waals surface area contributed by atoms with E-state index in [9.17, 15) is 0 Å². The molecular weight excluding hydrogens is 366 g/mol. The Balaban J connectivity index is 1.90. The van der Waals surface area contributed by atoms with Crippen LogP contribution in [0.2, 0.25) is 5.02 Å². The predicted octanol–water partition coefficient (Wildman–Crippen LogP) is 4.45. The molecule has 2 aromatic carbocycles. The Hall–Kier alpha value is -1.23. The van der Waals surface area contributed by atoms with Crippen LogP contribution in [-0.2, 0) is 13.0 Å². The van der Waals surface area contributed by atoms with Crippen molar-refractivity contribution in [3.63, 3.8) is 0 Å². The van der Waals surface area contributed by atoms with Gasteiger partial charge in [-0.1, -0.05) is 39.7 Å². The van der Waals surface area contributed by atoms with Gasteiger partial charge >= 0.3 is 0 Å². The second kappa shape index (κ2) is 8.42. The number of nitrogens with one attached hydrogen (secondary N) is 1. The van der Waals surface area contributed by atoms with Crippen LogP contribution in [0.4, 0.5) is 0 Å². The van der Waals surface area contributed by atoms with Crippen LogP contribution in [0.3, 0.4) is 0 Å². The SMILES string of the molecule is COc1cc(Br)c(CNCCc2ccc(Cl)cc2)cc1OC. The van der Waals surface area contributed by atoms with Gasteiger partial charge in [-0.2, -0.15) is 0 Å². The van der Waals surface area contributed by atoms with Crippen LogP contribution in [-0.4, -0.2) is 20.8 Å². The fraction of sp³-hybridized carbons (Fsp3) is 0.294. The van der Waals surface area contributed by atoms with Crippen LogP contribution < -0.4 is 14.8 Å². The Labute approximate surface area is 144 Å². The molecule has 0 unspecified atom stereocenters. The molecule has 3 nitrogen and oxygen atoms in total. The number of halogens is 2. The smallest absolute Gasteiger partial charge is 0.161 e. The zero-order valence-corrected chi connectivity index (χ0v) is 15.0. The molecule has 0 aromatic heterocycles. The summed E-state index contributed by atoms with van der Waals surface area (Å²) in [5.41, 5.74) is 2.40. The van der Waals surface area contributed by atoms with Gasteiger partial charge in [-0.3, -0.25) is 0 Å². The number of ether oxygens (including phenoxy) is 2. The van der Waals surface area contributed by atoms with Gasteiger partial charge in [0.2, 0.25) is 0 Å². The van der Waals surface area contributed by atoms with E-state index in [0.717, 1.165) is 46.1 Å². The monoisotopic (exact) mass is 383 g/mol. The molecule has 0 aliphatic rings. The summed E-state index contributed by atoms with van der Waals surface area (Å²) in [4.78, 5) is 0. The number of benzene rings is 2. The average Bonchev–Trinajstić information content (AvgIpc) is 2.54. The molecule has 0 aliphatic heterocycles. The third-order valence-corrected chi connectivity index (χ3v) is 4.36. The van der Waals surface area contributed by atoms with Crippen molar-refractivity contribution in [1.82, 2.24) is 5.32 Å². The molecule has 0 heterocycles. The molecule has 0 amide bonds. The first-order valence-corrected chi connectivity index (χ1v) is 8.16.